The van der Waals surface area contributed by atoms with Gasteiger partial charge in [0.05, 0.1) is 26.3 Å². The number of hydrogen-bond acceptors (Lipinski definition) is 5. The Balaban J connectivity index is 2.55. The number of nitrogens with one attached hydrogen (secondary N) is 1. The Bertz CT molecular complexity index is 551. The minimum Gasteiger partial charge on any atom is -0.493 e. The van der Waals surface area contributed by atoms with Crippen molar-refractivity contribution < 1.29 is 19.0 Å². The summed E-state index contributed by atoms with van der Waals surface area (Å²) in [5.74, 6) is 1.44. The van der Waals surface area contributed by atoms with Gasteiger partial charge in [0.1, 0.15) is 0 Å². The first-order chi connectivity index (χ1) is 13.0. The van der Waals surface area contributed by atoms with Gasteiger partial charge in [-0.05, 0) is 44.5 Å². The zero-order chi connectivity index (χ0) is 20.1. The first kappa shape index (κ1) is 23.2. The molecular formula is C21H36N2O4. The van der Waals surface area contributed by atoms with Crippen molar-refractivity contribution in [1.82, 2.24) is 10.2 Å². The van der Waals surface area contributed by atoms with Gasteiger partial charge in [-0.2, -0.15) is 0 Å². The summed E-state index contributed by atoms with van der Waals surface area (Å²) >= 11 is 0. The van der Waals surface area contributed by atoms with E-state index in [9.17, 15) is 4.79 Å². The molecule has 0 heterocycles. The molecule has 1 N–H and O–H groups in total. The summed E-state index contributed by atoms with van der Waals surface area (Å²) in [5, 5.41) is 3.04. The quantitative estimate of drug-likeness (QED) is 0.501. The first-order valence-electron chi connectivity index (χ1n) is 9.79. The highest BCUT2D eigenvalue weighted by atomic mass is 16.5. The van der Waals surface area contributed by atoms with Gasteiger partial charge in [0.25, 0.3) is 0 Å². The van der Waals surface area contributed by atoms with Gasteiger partial charge in [0, 0.05) is 20.3 Å². The molecule has 1 aromatic rings. The second-order valence-corrected chi connectivity index (χ2v) is 6.84. The molecule has 1 rings (SSSR count). The summed E-state index contributed by atoms with van der Waals surface area (Å²) in [6, 6.07) is 5.72. The van der Waals surface area contributed by atoms with Crippen LogP contribution in [0, 0.1) is 0 Å². The monoisotopic (exact) mass is 380 g/mol. The van der Waals surface area contributed by atoms with Gasteiger partial charge in [-0.15, -0.1) is 0 Å². The van der Waals surface area contributed by atoms with E-state index in [-0.39, 0.29) is 11.9 Å². The number of hydrogen-bond donors (Lipinski definition) is 1. The van der Waals surface area contributed by atoms with Gasteiger partial charge in [-0.1, -0.05) is 25.8 Å². The standard InChI is InChI=1S/C21H36N2O4/c1-6-7-8-14-27-19-11-10-18(15-20(19)26-5)17(2)22-21(24)16-23(3)12-9-13-25-4/h10-11,15,17H,6-9,12-14,16H2,1-5H3,(H,22,24). The number of likely N-dealkylation sites (N-methyl/N-ethyl adjacent to an activating group) is 1. The highest BCUT2D eigenvalue weighted by molar-refractivity contribution is 5.78. The summed E-state index contributed by atoms with van der Waals surface area (Å²) in [5.41, 5.74) is 0.989. The van der Waals surface area contributed by atoms with E-state index in [0.717, 1.165) is 43.5 Å². The van der Waals surface area contributed by atoms with Gasteiger partial charge in [0.2, 0.25) is 5.91 Å². The molecular weight excluding hydrogens is 344 g/mol. The van der Waals surface area contributed by atoms with Crippen LogP contribution in [0.5, 0.6) is 11.5 Å². The fourth-order valence-corrected chi connectivity index (χ4v) is 2.78. The van der Waals surface area contributed by atoms with Gasteiger partial charge in [-0.25, -0.2) is 0 Å². The molecule has 0 bridgehead atoms. The SMILES string of the molecule is CCCCCOc1ccc(C(C)NC(=O)CN(C)CCCOC)cc1OC. The van der Waals surface area contributed by atoms with Crippen molar-refractivity contribution >= 4 is 5.91 Å². The molecule has 27 heavy (non-hydrogen) atoms. The number of unbranched alkanes of at least 4 members (excludes halogenated alkanes) is 2. The highest BCUT2D eigenvalue weighted by Gasteiger charge is 2.14. The fraction of sp³-hybridized carbons (Fsp3) is 0.667. The molecule has 1 atom stereocenters. The van der Waals surface area contributed by atoms with Crippen LogP contribution in [0.1, 0.15) is 51.1 Å². The molecule has 6 nitrogen and oxygen atoms in total. The molecule has 1 amide bonds. The van der Waals surface area contributed by atoms with E-state index < -0.39 is 0 Å². The lowest BCUT2D eigenvalue weighted by Crippen LogP contribution is -2.37. The Morgan fingerprint density at radius 2 is 1.93 bits per heavy atom. The molecule has 6 heteroatoms. The number of nitrogens with zero attached hydrogens (tertiary/aromatic N) is 1. The number of benzene rings is 1. The average molecular weight is 381 g/mol. The van der Waals surface area contributed by atoms with Gasteiger partial charge >= 0.3 is 0 Å². The fourth-order valence-electron chi connectivity index (χ4n) is 2.78. The third-order valence-corrected chi connectivity index (χ3v) is 4.37. The van der Waals surface area contributed by atoms with Crippen LogP contribution in [0.25, 0.3) is 0 Å². The van der Waals surface area contributed by atoms with Gasteiger partial charge in [0.15, 0.2) is 11.5 Å². The average Bonchev–Trinajstić information content (AvgIpc) is 2.65. The molecule has 1 unspecified atom stereocenters. The number of methoxy groups -OCH3 is 2. The molecule has 0 saturated heterocycles. The van der Waals surface area contributed by atoms with Crippen LogP contribution in [-0.4, -0.2) is 58.4 Å². The Morgan fingerprint density at radius 3 is 2.59 bits per heavy atom. The summed E-state index contributed by atoms with van der Waals surface area (Å²) in [6.45, 7) is 6.72. The Kier molecular flexibility index (Phi) is 11.5. The normalized spacial score (nSPS) is 12.1. The maximum absolute atomic E-state index is 12.3. The third kappa shape index (κ3) is 9.11. The van der Waals surface area contributed by atoms with E-state index in [1.165, 1.54) is 0 Å². The number of amides is 1. The van der Waals surface area contributed by atoms with Crippen LogP contribution in [0.4, 0.5) is 0 Å². The predicted octanol–water partition coefficient (Wildman–Crippen LogP) is 3.41. The van der Waals surface area contributed by atoms with Crippen molar-refractivity contribution in [2.24, 2.45) is 0 Å². The molecule has 0 radical (unpaired) electrons. The van der Waals surface area contributed by atoms with Crippen LogP contribution >= 0.6 is 0 Å². The lowest BCUT2D eigenvalue weighted by atomic mass is 10.1. The summed E-state index contributed by atoms with van der Waals surface area (Å²) in [6.07, 6.45) is 4.26. The second kappa shape index (κ2) is 13.4. The van der Waals surface area contributed by atoms with E-state index in [1.54, 1.807) is 14.2 Å². The maximum atomic E-state index is 12.3. The third-order valence-electron chi connectivity index (χ3n) is 4.37. The zero-order valence-electron chi connectivity index (χ0n) is 17.5. The minimum atomic E-state index is -0.104. The van der Waals surface area contributed by atoms with Crippen LogP contribution in [0.3, 0.4) is 0 Å². The van der Waals surface area contributed by atoms with Crippen molar-refractivity contribution in [1.29, 1.82) is 0 Å². The molecule has 154 valence electrons. The van der Waals surface area contributed by atoms with Gasteiger partial charge in [-0.3, -0.25) is 9.69 Å². The van der Waals surface area contributed by atoms with Crippen molar-refractivity contribution in [2.75, 3.05) is 47.6 Å². The number of carbonyl (C=O) groups excluding carboxylic acids is 1. The molecule has 0 aliphatic heterocycles. The molecule has 0 saturated carbocycles. The summed E-state index contributed by atoms with van der Waals surface area (Å²) < 4.78 is 16.3. The van der Waals surface area contributed by atoms with Crippen LogP contribution in [0.2, 0.25) is 0 Å². The van der Waals surface area contributed by atoms with Crippen LogP contribution in [-0.2, 0) is 9.53 Å². The van der Waals surface area contributed by atoms with Crippen LogP contribution in [0.15, 0.2) is 18.2 Å². The van der Waals surface area contributed by atoms with Crippen molar-refractivity contribution in [2.45, 2.75) is 45.6 Å². The number of ether oxygens (including phenoxy) is 3. The highest BCUT2D eigenvalue weighted by Crippen LogP contribution is 2.30. The Morgan fingerprint density at radius 1 is 1.15 bits per heavy atom. The lowest BCUT2D eigenvalue weighted by Gasteiger charge is -2.20. The summed E-state index contributed by atoms with van der Waals surface area (Å²) in [7, 11) is 5.26. The largest absolute Gasteiger partial charge is 0.493 e. The summed E-state index contributed by atoms with van der Waals surface area (Å²) in [4.78, 5) is 14.2. The first-order valence-corrected chi connectivity index (χ1v) is 9.79. The minimum absolute atomic E-state index is 0.00118. The van der Waals surface area contributed by atoms with Crippen molar-refractivity contribution in [3.63, 3.8) is 0 Å². The van der Waals surface area contributed by atoms with Crippen molar-refractivity contribution in [3.05, 3.63) is 23.8 Å². The Labute approximate surface area is 164 Å². The van der Waals surface area contributed by atoms with Crippen LogP contribution < -0.4 is 14.8 Å². The van der Waals surface area contributed by atoms with E-state index >= 15 is 0 Å². The number of carbonyl (C=O) groups is 1. The maximum Gasteiger partial charge on any atom is 0.234 e. The lowest BCUT2D eigenvalue weighted by molar-refractivity contribution is -0.122. The topological polar surface area (TPSA) is 60.0 Å². The smallest absolute Gasteiger partial charge is 0.234 e. The van der Waals surface area contributed by atoms with E-state index in [1.807, 2.05) is 37.1 Å². The molecule has 0 spiro atoms. The van der Waals surface area contributed by atoms with E-state index in [0.29, 0.717) is 25.5 Å². The predicted molar refractivity (Wildman–Crippen MR) is 109 cm³/mol. The second-order valence-electron chi connectivity index (χ2n) is 6.84. The molecule has 0 aromatic heterocycles. The van der Waals surface area contributed by atoms with Gasteiger partial charge < -0.3 is 19.5 Å². The molecule has 0 aliphatic carbocycles. The van der Waals surface area contributed by atoms with Crippen molar-refractivity contribution in [3.8, 4) is 11.5 Å². The Hall–Kier alpha value is -1.79. The molecule has 0 aliphatic rings. The zero-order valence-corrected chi connectivity index (χ0v) is 17.5. The number of rotatable bonds is 14. The molecule has 0 fully saturated rings. The molecule has 1 aromatic carbocycles. The van der Waals surface area contributed by atoms with E-state index in [4.69, 9.17) is 14.2 Å². The van der Waals surface area contributed by atoms with E-state index in [2.05, 4.69) is 12.2 Å².